The monoisotopic (exact) mass is 545 g/mol. The number of aromatic amines is 1. The van der Waals surface area contributed by atoms with Gasteiger partial charge >= 0.3 is 5.69 Å². The first kappa shape index (κ1) is 28.9. The second kappa shape index (κ2) is 13.2. The molecule has 4 rings (SSSR count). The van der Waals surface area contributed by atoms with Crippen LogP contribution in [-0.2, 0) is 11.2 Å². The average Bonchev–Trinajstić information content (AvgIpc) is 3.33. The number of nitrogens with one attached hydrogen (secondary N) is 3. The summed E-state index contributed by atoms with van der Waals surface area (Å²) >= 11 is 0. The summed E-state index contributed by atoms with van der Waals surface area (Å²) in [6.07, 6.45) is 3.10. The molecule has 2 aromatic carbocycles. The van der Waals surface area contributed by atoms with Gasteiger partial charge in [-0.25, -0.2) is 14.8 Å². The van der Waals surface area contributed by atoms with Crippen LogP contribution in [0.3, 0.4) is 0 Å². The van der Waals surface area contributed by atoms with Gasteiger partial charge in [0, 0.05) is 36.1 Å². The van der Waals surface area contributed by atoms with Crippen molar-refractivity contribution >= 4 is 17.5 Å². The number of methoxy groups -OCH3 is 2. The maximum Gasteiger partial charge on any atom is 0.350 e. The summed E-state index contributed by atoms with van der Waals surface area (Å²) < 4.78 is 12.1. The SMILES string of the molecule is CC(=O)O.COc1cc(C(Nc2ccc(C(=N)N)cc2)c2nn(-c3ncccn3)c(=O)[nH]2)cc(CC#N)c1OC. The lowest BCUT2D eigenvalue weighted by Gasteiger charge is -2.21. The van der Waals surface area contributed by atoms with Gasteiger partial charge in [0.25, 0.3) is 11.9 Å². The van der Waals surface area contributed by atoms with E-state index in [4.69, 9.17) is 30.5 Å². The topological polar surface area (TPSA) is 218 Å². The van der Waals surface area contributed by atoms with Crippen LogP contribution in [0.2, 0.25) is 0 Å². The van der Waals surface area contributed by atoms with Crippen LogP contribution in [0.15, 0.2) is 59.7 Å². The predicted octanol–water partition coefficient (Wildman–Crippen LogP) is 2.01. The van der Waals surface area contributed by atoms with E-state index in [1.165, 1.54) is 26.6 Å². The molecule has 0 aliphatic heterocycles. The first-order chi connectivity index (χ1) is 19.2. The number of carboxylic acid groups (broad SMARTS) is 1. The van der Waals surface area contributed by atoms with Crippen molar-refractivity contribution in [2.45, 2.75) is 19.4 Å². The van der Waals surface area contributed by atoms with E-state index in [1.54, 1.807) is 42.5 Å². The molecule has 1 unspecified atom stereocenters. The minimum absolute atomic E-state index is 0.0509. The molecule has 0 radical (unpaired) electrons. The number of aromatic nitrogens is 5. The number of nitriles is 1. The third-order valence-electron chi connectivity index (χ3n) is 5.34. The Hall–Kier alpha value is -5.71. The molecule has 0 bridgehead atoms. The smallest absolute Gasteiger partial charge is 0.350 e. The number of H-pyrrole nitrogens is 1. The Morgan fingerprint density at radius 2 is 1.88 bits per heavy atom. The van der Waals surface area contributed by atoms with Crippen molar-refractivity contribution in [1.82, 2.24) is 24.7 Å². The summed E-state index contributed by atoms with van der Waals surface area (Å²) in [5.74, 6) is 0.381. The van der Waals surface area contributed by atoms with E-state index in [2.05, 4.69) is 31.4 Å². The largest absolute Gasteiger partial charge is 0.493 e. The van der Waals surface area contributed by atoms with Crippen LogP contribution in [-0.4, -0.2) is 55.9 Å². The van der Waals surface area contributed by atoms with E-state index in [-0.39, 0.29) is 24.0 Å². The Balaban J connectivity index is 0.00000103. The van der Waals surface area contributed by atoms with Crippen molar-refractivity contribution in [3.05, 3.63) is 87.9 Å². The number of hydrogen-bond acceptors (Lipinski definition) is 10. The van der Waals surface area contributed by atoms with Gasteiger partial charge in [-0.2, -0.15) is 5.26 Å². The van der Waals surface area contributed by atoms with Crippen LogP contribution >= 0.6 is 0 Å². The van der Waals surface area contributed by atoms with Crippen LogP contribution in [0.1, 0.15) is 35.5 Å². The Morgan fingerprint density at radius 1 is 1.23 bits per heavy atom. The Bertz CT molecular complexity index is 1570. The summed E-state index contributed by atoms with van der Waals surface area (Å²) in [5.41, 5.74) is 7.56. The third kappa shape index (κ3) is 6.98. The fourth-order valence-corrected chi connectivity index (χ4v) is 3.68. The number of anilines is 1. The number of nitrogens with two attached hydrogens (primary N) is 1. The second-order valence-electron chi connectivity index (χ2n) is 8.11. The van der Waals surface area contributed by atoms with E-state index in [0.717, 1.165) is 11.6 Å². The quantitative estimate of drug-likeness (QED) is 0.151. The zero-order valence-electron chi connectivity index (χ0n) is 21.9. The molecule has 0 saturated heterocycles. The number of amidine groups is 1. The van der Waals surface area contributed by atoms with Crippen molar-refractivity contribution in [3.8, 4) is 23.5 Å². The number of aliphatic carboxylic acids is 1. The number of hydrogen-bond donors (Lipinski definition) is 5. The molecule has 0 saturated carbocycles. The number of benzene rings is 2. The van der Waals surface area contributed by atoms with Gasteiger partial charge in [-0.15, -0.1) is 9.78 Å². The molecule has 40 heavy (non-hydrogen) atoms. The summed E-state index contributed by atoms with van der Waals surface area (Å²) in [4.78, 5) is 32.7. The number of rotatable bonds is 9. The van der Waals surface area contributed by atoms with Crippen molar-refractivity contribution in [2.75, 3.05) is 19.5 Å². The molecule has 0 amide bonds. The zero-order valence-corrected chi connectivity index (χ0v) is 21.9. The number of carboxylic acids is 1. The van der Waals surface area contributed by atoms with E-state index in [0.29, 0.717) is 33.9 Å². The number of nitrogen functional groups attached to an aromatic ring is 1. The first-order valence-corrected chi connectivity index (χ1v) is 11.7. The summed E-state index contributed by atoms with van der Waals surface area (Å²) in [5, 5.41) is 32.2. The molecule has 4 aromatic rings. The van der Waals surface area contributed by atoms with E-state index < -0.39 is 17.7 Å². The van der Waals surface area contributed by atoms with E-state index in [1.807, 2.05) is 0 Å². The van der Waals surface area contributed by atoms with Gasteiger partial charge in [0.15, 0.2) is 17.3 Å². The Morgan fingerprint density at radius 3 is 2.42 bits per heavy atom. The third-order valence-corrected chi connectivity index (χ3v) is 5.34. The molecule has 0 spiro atoms. The van der Waals surface area contributed by atoms with Crippen LogP contribution < -0.4 is 26.2 Å². The molecule has 206 valence electrons. The minimum Gasteiger partial charge on any atom is -0.493 e. The Kier molecular flexibility index (Phi) is 9.52. The minimum atomic E-state index is -0.833. The highest BCUT2D eigenvalue weighted by atomic mass is 16.5. The highest BCUT2D eigenvalue weighted by molar-refractivity contribution is 5.95. The first-order valence-electron chi connectivity index (χ1n) is 11.7. The van der Waals surface area contributed by atoms with Crippen molar-refractivity contribution in [2.24, 2.45) is 5.73 Å². The standard InChI is InChI=1S/C24H23N9O3.C2H4O2/c1-35-18-13-16(12-15(8-9-25)20(18)36-2)19(30-17-6-4-14(5-7-17)21(26)27)22-31-24(34)33(32-22)23-28-10-3-11-29-23;1-2(3)4/h3-7,10-13,19,30H,8H2,1-2H3,(H3,26,27)(H,31,32,34);1H3,(H,3,4). The predicted molar refractivity (Wildman–Crippen MR) is 145 cm³/mol. The molecule has 2 heterocycles. The maximum absolute atomic E-state index is 12.8. The molecule has 6 N–H and O–H groups in total. The number of nitrogens with zero attached hydrogens (tertiary/aromatic N) is 5. The zero-order chi connectivity index (χ0) is 29.2. The van der Waals surface area contributed by atoms with Crippen molar-refractivity contribution in [3.63, 3.8) is 0 Å². The summed E-state index contributed by atoms with van der Waals surface area (Å²) in [7, 11) is 3.01. The fourth-order valence-electron chi connectivity index (χ4n) is 3.68. The molecule has 0 fully saturated rings. The van der Waals surface area contributed by atoms with Gasteiger partial charge in [-0.1, -0.05) is 0 Å². The molecule has 0 aliphatic rings. The van der Waals surface area contributed by atoms with Gasteiger partial charge < -0.3 is 25.6 Å². The number of ether oxygens (including phenoxy) is 2. The van der Waals surface area contributed by atoms with Crippen LogP contribution in [0, 0.1) is 16.7 Å². The number of carbonyl (C=O) groups is 1. The molecule has 14 nitrogen and oxygen atoms in total. The second-order valence-corrected chi connectivity index (χ2v) is 8.11. The molecule has 2 aromatic heterocycles. The summed E-state index contributed by atoms with van der Waals surface area (Å²) in [6.45, 7) is 1.08. The maximum atomic E-state index is 12.8. The summed E-state index contributed by atoms with van der Waals surface area (Å²) in [6, 6.07) is 13.6. The average molecular weight is 546 g/mol. The van der Waals surface area contributed by atoms with Crippen LogP contribution in [0.4, 0.5) is 5.69 Å². The molecular weight excluding hydrogens is 518 g/mol. The van der Waals surface area contributed by atoms with Gasteiger partial charge in [0.1, 0.15) is 11.9 Å². The van der Waals surface area contributed by atoms with Gasteiger partial charge in [-0.3, -0.25) is 15.2 Å². The van der Waals surface area contributed by atoms with Crippen LogP contribution in [0.25, 0.3) is 5.95 Å². The van der Waals surface area contributed by atoms with Gasteiger partial charge in [0.2, 0.25) is 0 Å². The molecule has 0 aliphatic carbocycles. The molecule has 14 heteroatoms. The fraction of sp³-hybridized carbons (Fsp3) is 0.192. The normalized spacial score (nSPS) is 10.8. The van der Waals surface area contributed by atoms with Crippen molar-refractivity contribution in [1.29, 1.82) is 10.7 Å². The van der Waals surface area contributed by atoms with E-state index in [9.17, 15) is 10.1 Å². The highest BCUT2D eigenvalue weighted by Crippen LogP contribution is 2.37. The lowest BCUT2D eigenvalue weighted by Crippen LogP contribution is -2.18. The van der Waals surface area contributed by atoms with Gasteiger partial charge in [-0.05, 0) is 48.0 Å². The lowest BCUT2D eigenvalue weighted by atomic mass is 9.99. The van der Waals surface area contributed by atoms with Crippen LogP contribution in [0.5, 0.6) is 11.5 Å². The van der Waals surface area contributed by atoms with Gasteiger partial charge in [0.05, 0.1) is 26.7 Å². The lowest BCUT2D eigenvalue weighted by molar-refractivity contribution is -0.134. The molecule has 1 atom stereocenters. The van der Waals surface area contributed by atoms with Crippen molar-refractivity contribution < 1.29 is 19.4 Å². The Labute approximate surface area is 228 Å². The van der Waals surface area contributed by atoms with E-state index >= 15 is 0 Å². The molecular formula is C26H27N9O5. The highest BCUT2D eigenvalue weighted by Gasteiger charge is 2.24.